The van der Waals surface area contributed by atoms with E-state index in [1.165, 1.54) is 0 Å². The summed E-state index contributed by atoms with van der Waals surface area (Å²) < 4.78 is 26.3. The van der Waals surface area contributed by atoms with Crippen LogP contribution in [0.3, 0.4) is 0 Å². The Hall–Kier alpha value is -1.39. The zero-order valence-electron chi connectivity index (χ0n) is 8.34. The van der Waals surface area contributed by atoms with Crippen LogP contribution in [0, 0.1) is 11.6 Å². The Morgan fingerprint density at radius 3 is 2.47 bits per heavy atom. The van der Waals surface area contributed by atoms with Gasteiger partial charge in [-0.3, -0.25) is 0 Å². The predicted molar refractivity (Wildman–Crippen MR) is 54.6 cm³/mol. The van der Waals surface area contributed by atoms with E-state index < -0.39 is 11.6 Å². The van der Waals surface area contributed by atoms with Gasteiger partial charge in [0.15, 0.2) is 23.3 Å². The summed E-state index contributed by atoms with van der Waals surface area (Å²) in [5.41, 5.74) is 5.32. The summed E-state index contributed by atoms with van der Waals surface area (Å²) in [5.74, 6) is -1.50. The Morgan fingerprint density at radius 1 is 1.13 bits per heavy atom. The Kier molecular flexibility index (Phi) is 2.70. The monoisotopic (exact) mass is 213 g/mol. The molecule has 0 amide bonds. The van der Waals surface area contributed by atoms with Gasteiger partial charge in [0.05, 0.1) is 0 Å². The van der Waals surface area contributed by atoms with E-state index in [2.05, 4.69) is 4.98 Å². The van der Waals surface area contributed by atoms with Gasteiger partial charge >= 0.3 is 0 Å². The predicted octanol–water partition coefficient (Wildman–Crippen LogP) is 1.93. The topological polar surface area (TPSA) is 42.1 Å². The van der Waals surface area contributed by atoms with E-state index >= 15 is 0 Å². The molecule has 0 unspecified atom stereocenters. The van der Waals surface area contributed by atoms with E-state index in [4.69, 9.17) is 5.73 Å². The molecule has 0 bridgehead atoms. The van der Waals surface area contributed by atoms with Gasteiger partial charge in [0.1, 0.15) is 0 Å². The molecular weight excluding hydrogens is 200 g/mol. The first-order chi connectivity index (χ1) is 7.18. The van der Waals surface area contributed by atoms with Crippen molar-refractivity contribution in [2.75, 3.05) is 23.7 Å². The molecule has 3 nitrogen and oxygen atoms in total. The fraction of sp³-hybridized carbons (Fsp3) is 0.500. The highest BCUT2D eigenvalue weighted by molar-refractivity contribution is 5.47. The summed E-state index contributed by atoms with van der Waals surface area (Å²) in [6.07, 6.45) is 3.17. The zero-order chi connectivity index (χ0) is 10.8. The quantitative estimate of drug-likeness (QED) is 0.775. The van der Waals surface area contributed by atoms with Crippen molar-refractivity contribution in [1.82, 2.24) is 4.98 Å². The van der Waals surface area contributed by atoms with E-state index in [0.29, 0.717) is 0 Å². The maximum Gasteiger partial charge on any atom is 0.168 e. The summed E-state index contributed by atoms with van der Waals surface area (Å²) >= 11 is 0. The van der Waals surface area contributed by atoms with Crippen molar-refractivity contribution in [2.45, 2.75) is 19.3 Å². The minimum absolute atomic E-state index is 0.175. The summed E-state index contributed by atoms with van der Waals surface area (Å²) in [6, 6.07) is 0.798. The van der Waals surface area contributed by atoms with Gasteiger partial charge < -0.3 is 10.6 Å². The van der Waals surface area contributed by atoms with Crippen LogP contribution in [0.5, 0.6) is 0 Å². The number of nitrogens with two attached hydrogens (primary N) is 1. The number of rotatable bonds is 1. The lowest BCUT2D eigenvalue weighted by Gasteiger charge is -2.28. The van der Waals surface area contributed by atoms with E-state index in [0.717, 1.165) is 38.4 Å². The number of anilines is 2. The second-order valence-electron chi connectivity index (χ2n) is 3.71. The van der Waals surface area contributed by atoms with Crippen LogP contribution in [0.4, 0.5) is 20.4 Å². The molecule has 1 saturated heterocycles. The highest BCUT2D eigenvalue weighted by atomic mass is 19.1. The average Bonchev–Trinajstić information content (AvgIpc) is 2.25. The molecule has 1 fully saturated rings. The van der Waals surface area contributed by atoms with Crippen LogP contribution in [-0.4, -0.2) is 18.1 Å². The van der Waals surface area contributed by atoms with Gasteiger partial charge in [-0.25, -0.2) is 13.8 Å². The first-order valence-corrected chi connectivity index (χ1v) is 5.05. The molecule has 0 atom stereocenters. The number of halogens is 2. The van der Waals surface area contributed by atoms with Gasteiger partial charge in [0.25, 0.3) is 0 Å². The maximum absolute atomic E-state index is 13.4. The molecule has 2 rings (SSSR count). The lowest BCUT2D eigenvalue weighted by atomic mass is 10.1. The standard InChI is InChI=1S/C10H13F2N3/c11-7-6-8(12)10(14-9(7)13)15-4-2-1-3-5-15/h6H,1-5H2,(H2,13,14). The fourth-order valence-electron chi connectivity index (χ4n) is 1.80. The molecule has 15 heavy (non-hydrogen) atoms. The molecule has 1 aliphatic heterocycles. The third-order valence-electron chi connectivity index (χ3n) is 2.59. The van der Waals surface area contributed by atoms with Crippen LogP contribution in [0.2, 0.25) is 0 Å². The first-order valence-electron chi connectivity index (χ1n) is 5.05. The van der Waals surface area contributed by atoms with E-state index in [9.17, 15) is 8.78 Å². The molecule has 5 heteroatoms. The van der Waals surface area contributed by atoms with Gasteiger partial charge in [-0.1, -0.05) is 0 Å². The van der Waals surface area contributed by atoms with Crippen LogP contribution in [0.25, 0.3) is 0 Å². The average molecular weight is 213 g/mol. The minimum Gasteiger partial charge on any atom is -0.381 e. The molecule has 0 radical (unpaired) electrons. The maximum atomic E-state index is 13.4. The Balaban J connectivity index is 2.30. The number of pyridine rings is 1. The molecule has 0 saturated carbocycles. The number of hydrogen-bond donors (Lipinski definition) is 1. The van der Waals surface area contributed by atoms with Crippen molar-refractivity contribution >= 4 is 11.6 Å². The van der Waals surface area contributed by atoms with Crippen LogP contribution in [0.1, 0.15) is 19.3 Å². The molecule has 2 heterocycles. The van der Waals surface area contributed by atoms with Crippen molar-refractivity contribution in [3.05, 3.63) is 17.7 Å². The van der Waals surface area contributed by atoms with Crippen molar-refractivity contribution in [2.24, 2.45) is 0 Å². The van der Waals surface area contributed by atoms with Crippen LogP contribution in [-0.2, 0) is 0 Å². The number of hydrogen-bond acceptors (Lipinski definition) is 3. The third-order valence-corrected chi connectivity index (χ3v) is 2.59. The summed E-state index contributed by atoms with van der Waals surface area (Å²) in [5, 5.41) is 0. The minimum atomic E-state index is -0.798. The first kappa shape index (κ1) is 10.1. The second-order valence-corrected chi connectivity index (χ2v) is 3.71. The molecule has 0 aromatic carbocycles. The van der Waals surface area contributed by atoms with Crippen LogP contribution >= 0.6 is 0 Å². The summed E-state index contributed by atoms with van der Waals surface area (Å²) in [6.45, 7) is 1.52. The van der Waals surface area contributed by atoms with Gasteiger partial charge in [-0.2, -0.15) is 0 Å². The van der Waals surface area contributed by atoms with Crippen molar-refractivity contribution < 1.29 is 8.78 Å². The van der Waals surface area contributed by atoms with Gasteiger partial charge in [-0.05, 0) is 19.3 Å². The van der Waals surface area contributed by atoms with Crippen molar-refractivity contribution in [1.29, 1.82) is 0 Å². The molecule has 0 spiro atoms. The lowest BCUT2D eigenvalue weighted by molar-refractivity contribution is 0.538. The summed E-state index contributed by atoms with van der Waals surface area (Å²) in [4.78, 5) is 5.56. The van der Waals surface area contributed by atoms with Crippen LogP contribution < -0.4 is 10.6 Å². The molecule has 1 aliphatic rings. The van der Waals surface area contributed by atoms with Crippen molar-refractivity contribution in [3.63, 3.8) is 0 Å². The van der Waals surface area contributed by atoms with Gasteiger partial charge in [0.2, 0.25) is 0 Å². The molecule has 1 aromatic rings. The lowest BCUT2D eigenvalue weighted by Crippen LogP contribution is -2.31. The summed E-state index contributed by atoms with van der Waals surface area (Å²) in [7, 11) is 0. The highest BCUT2D eigenvalue weighted by Crippen LogP contribution is 2.23. The Labute approximate surface area is 86.9 Å². The molecule has 1 aromatic heterocycles. The second kappa shape index (κ2) is 4.00. The smallest absolute Gasteiger partial charge is 0.168 e. The fourth-order valence-corrected chi connectivity index (χ4v) is 1.80. The SMILES string of the molecule is Nc1nc(N2CCCCC2)c(F)cc1F. The van der Waals surface area contributed by atoms with Crippen molar-refractivity contribution in [3.8, 4) is 0 Å². The molecule has 2 N–H and O–H groups in total. The molecule has 82 valence electrons. The van der Waals surface area contributed by atoms with Gasteiger partial charge in [0, 0.05) is 19.2 Å². The number of aromatic nitrogens is 1. The number of nitrogen functional groups attached to an aromatic ring is 1. The number of nitrogens with zero attached hydrogens (tertiary/aromatic N) is 2. The molecule has 0 aliphatic carbocycles. The highest BCUT2D eigenvalue weighted by Gasteiger charge is 2.18. The Bertz CT molecular complexity index is 362. The van der Waals surface area contributed by atoms with E-state index in [-0.39, 0.29) is 11.6 Å². The number of piperidine rings is 1. The zero-order valence-corrected chi connectivity index (χ0v) is 8.34. The Morgan fingerprint density at radius 2 is 1.80 bits per heavy atom. The molecular formula is C10H13F2N3. The van der Waals surface area contributed by atoms with Crippen LogP contribution in [0.15, 0.2) is 6.07 Å². The van der Waals surface area contributed by atoms with E-state index in [1.54, 1.807) is 0 Å². The third kappa shape index (κ3) is 2.00. The largest absolute Gasteiger partial charge is 0.381 e. The van der Waals surface area contributed by atoms with Gasteiger partial charge in [-0.15, -0.1) is 0 Å². The normalized spacial score (nSPS) is 16.8. The van der Waals surface area contributed by atoms with E-state index in [1.807, 2.05) is 4.90 Å².